The highest BCUT2D eigenvalue weighted by molar-refractivity contribution is 7.07. The predicted molar refractivity (Wildman–Crippen MR) is 72.2 cm³/mol. The first-order valence-electron chi connectivity index (χ1n) is 6.11. The first-order valence-corrected chi connectivity index (χ1v) is 6.88. The summed E-state index contributed by atoms with van der Waals surface area (Å²) in [5, 5.41) is 15.3. The number of aryl methyl sites for hydroxylation is 1. The van der Waals surface area contributed by atoms with Crippen LogP contribution >= 0.6 is 11.5 Å². The van der Waals surface area contributed by atoms with Crippen LogP contribution in [0.5, 0.6) is 0 Å². The molecular weight excluding hydrogens is 266 g/mol. The molecule has 0 aliphatic carbocycles. The number of hydrogen-bond donors (Lipinski definition) is 2. The van der Waals surface area contributed by atoms with Crippen LogP contribution in [0.25, 0.3) is 0 Å². The van der Waals surface area contributed by atoms with Crippen LogP contribution in [-0.4, -0.2) is 33.1 Å². The van der Waals surface area contributed by atoms with E-state index < -0.39 is 5.97 Å². The lowest BCUT2D eigenvalue weighted by Crippen LogP contribution is -2.28. The molecule has 0 aliphatic heterocycles. The second-order valence-electron chi connectivity index (χ2n) is 5.25. The third-order valence-corrected chi connectivity index (χ3v) is 3.79. The van der Waals surface area contributed by atoms with Gasteiger partial charge in [-0.3, -0.25) is 9.59 Å². The van der Waals surface area contributed by atoms with Gasteiger partial charge in [0.2, 0.25) is 0 Å². The number of carbonyl (C=O) groups excluding carboxylic acids is 1. The molecule has 19 heavy (non-hydrogen) atoms. The number of carboxylic acids is 1. The Hall–Kier alpha value is -1.50. The molecule has 1 aromatic rings. The Bertz CT molecular complexity index is 457. The maximum atomic E-state index is 11.8. The van der Waals surface area contributed by atoms with Crippen LogP contribution in [0, 0.1) is 12.3 Å². The van der Waals surface area contributed by atoms with Gasteiger partial charge in [0.25, 0.3) is 5.91 Å². The number of amides is 1. The molecule has 0 aromatic carbocycles. The van der Waals surface area contributed by atoms with Crippen molar-refractivity contribution in [2.45, 2.75) is 40.0 Å². The van der Waals surface area contributed by atoms with E-state index in [1.807, 2.05) is 13.8 Å². The lowest BCUT2D eigenvalue weighted by molar-refractivity contribution is -0.137. The van der Waals surface area contributed by atoms with E-state index in [1.165, 1.54) is 0 Å². The van der Waals surface area contributed by atoms with Crippen LogP contribution in [-0.2, 0) is 4.79 Å². The van der Waals surface area contributed by atoms with Gasteiger partial charge in [-0.05, 0) is 36.7 Å². The number of aromatic nitrogens is 2. The highest BCUT2D eigenvalue weighted by atomic mass is 32.1. The topological polar surface area (TPSA) is 92.2 Å². The Balaban J connectivity index is 2.35. The van der Waals surface area contributed by atoms with Crippen molar-refractivity contribution < 1.29 is 14.7 Å². The van der Waals surface area contributed by atoms with Gasteiger partial charge in [-0.25, -0.2) is 0 Å². The van der Waals surface area contributed by atoms with E-state index in [1.54, 1.807) is 6.92 Å². The third kappa shape index (κ3) is 5.34. The van der Waals surface area contributed by atoms with Gasteiger partial charge in [0.15, 0.2) is 0 Å². The fourth-order valence-electron chi connectivity index (χ4n) is 1.60. The van der Waals surface area contributed by atoms with Crippen LogP contribution in [0.15, 0.2) is 0 Å². The summed E-state index contributed by atoms with van der Waals surface area (Å²) in [6.45, 7) is 6.27. The standard InChI is InChI=1S/C12H19N3O3S/c1-8-10(19-15-14-8)11(18)13-7-6-12(2,3)5-4-9(16)17/h4-7H2,1-3H3,(H,13,18)(H,16,17). The Kier molecular flexibility index (Phi) is 5.41. The van der Waals surface area contributed by atoms with Crippen molar-refractivity contribution in [2.75, 3.05) is 6.54 Å². The van der Waals surface area contributed by atoms with Crippen molar-refractivity contribution in [2.24, 2.45) is 5.41 Å². The van der Waals surface area contributed by atoms with Crippen LogP contribution in [0.3, 0.4) is 0 Å². The molecule has 0 bridgehead atoms. The first-order chi connectivity index (χ1) is 8.82. The van der Waals surface area contributed by atoms with E-state index in [4.69, 9.17) is 5.11 Å². The van der Waals surface area contributed by atoms with Gasteiger partial charge in [0, 0.05) is 13.0 Å². The van der Waals surface area contributed by atoms with Crippen molar-refractivity contribution in [3.8, 4) is 0 Å². The second-order valence-corrected chi connectivity index (χ2v) is 6.01. The molecule has 0 unspecified atom stereocenters. The summed E-state index contributed by atoms with van der Waals surface area (Å²) in [7, 11) is 0. The summed E-state index contributed by atoms with van der Waals surface area (Å²) < 4.78 is 3.71. The lowest BCUT2D eigenvalue weighted by atomic mass is 9.84. The van der Waals surface area contributed by atoms with Crippen molar-refractivity contribution in [1.82, 2.24) is 14.9 Å². The third-order valence-electron chi connectivity index (χ3n) is 2.96. The average molecular weight is 285 g/mol. The maximum Gasteiger partial charge on any atom is 0.303 e. The van der Waals surface area contributed by atoms with E-state index in [0.717, 1.165) is 18.0 Å². The molecular formula is C12H19N3O3S. The molecule has 0 saturated heterocycles. The zero-order valence-electron chi connectivity index (χ0n) is 11.4. The van der Waals surface area contributed by atoms with Crippen molar-refractivity contribution in [1.29, 1.82) is 0 Å². The highest BCUT2D eigenvalue weighted by Gasteiger charge is 2.20. The monoisotopic (exact) mass is 285 g/mol. The van der Waals surface area contributed by atoms with Gasteiger partial charge < -0.3 is 10.4 Å². The molecule has 0 radical (unpaired) electrons. The number of hydrogen-bond acceptors (Lipinski definition) is 5. The molecule has 0 spiro atoms. The Morgan fingerprint density at radius 2 is 2.05 bits per heavy atom. The number of rotatable bonds is 7. The van der Waals surface area contributed by atoms with E-state index in [2.05, 4.69) is 14.9 Å². The molecule has 1 aromatic heterocycles. The van der Waals surface area contributed by atoms with Gasteiger partial charge in [0.1, 0.15) is 4.88 Å². The zero-order valence-corrected chi connectivity index (χ0v) is 12.2. The van der Waals surface area contributed by atoms with Crippen LogP contribution < -0.4 is 5.32 Å². The smallest absolute Gasteiger partial charge is 0.303 e. The van der Waals surface area contributed by atoms with Crippen LogP contribution in [0.4, 0.5) is 0 Å². The normalized spacial score (nSPS) is 11.3. The lowest BCUT2D eigenvalue weighted by Gasteiger charge is -2.23. The van der Waals surface area contributed by atoms with Gasteiger partial charge >= 0.3 is 5.97 Å². The Morgan fingerprint density at radius 1 is 1.37 bits per heavy atom. The van der Waals surface area contributed by atoms with Crippen LogP contribution in [0.1, 0.15) is 48.5 Å². The molecule has 0 saturated carbocycles. The van der Waals surface area contributed by atoms with Gasteiger partial charge in [-0.15, -0.1) is 5.10 Å². The molecule has 1 rings (SSSR count). The van der Waals surface area contributed by atoms with E-state index in [-0.39, 0.29) is 17.7 Å². The van der Waals surface area contributed by atoms with Gasteiger partial charge in [0.05, 0.1) is 5.69 Å². The quantitative estimate of drug-likeness (QED) is 0.797. The van der Waals surface area contributed by atoms with E-state index >= 15 is 0 Å². The SMILES string of the molecule is Cc1nnsc1C(=O)NCCC(C)(C)CCC(=O)O. The Morgan fingerprint density at radius 3 is 2.58 bits per heavy atom. The first kappa shape index (κ1) is 15.6. The van der Waals surface area contributed by atoms with Crippen LogP contribution in [0.2, 0.25) is 0 Å². The number of carboxylic acid groups (broad SMARTS) is 1. The zero-order chi connectivity index (χ0) is 14.5. The number of nitrogens with one attached hydrogen (secondary N) is 1. The summed E-state index contributed by atoms with van der Waals surface area (Å²) in [4.78, 5) is 22.9. The molecule has 0 fully saturated rings. The fourth-order valence-corrected chi connectivity index (χ4v) is 2.18. The van der Waals surface area contributed by atoms with Crippen molar-refractivity contribution >= 4 is 23.4 Å². The van der Waals surface area contributed by atoms with E-state index in [0.29, 0.717) is 23.5 Å². The summed E-state index contributed by atoms with van der Waals surface area (Å²) in [6, 6.07) is 0. The number of aliphatic carboxylic acids is 1. The Labute approximate surface area is 116 Å². The molecule has 7 heteroatoms. The minimum absolute atomic E-state index is 0.104. The molecule has 106 valence electrons. The second kappa shape index (κ2) is 6.60. The molecule has 1 amide bonds. The summed E-state index contributed by atoms with van der Waals surface area (Å²) in [5.41, 5.74) is 0.528. The summed E-state index contributed by atoms with van der Waals surface area (Å²) in [6.07, 6.45) is 1.48. The fraction of sp³-hybridized carbons (Fsp3) is 0.667. The maximum absolute atomic E-state index is 11.8. The van der Waals surface area contributed by atoms with Crippen molar-refractivity contribution in [3.63, 3.8) is 0 Å². The minimum atomic E-state index is -0.788. The predicted octanol–water partition coefficient (Wildman–Crippen LogP) is 1.86. The molecule has 0 atom stereocenters. The van der Waals surface area contributed by atoms with Crippen molar-refractivity contribution in [3.05, 3.63) is 10.6 Å². The molecule has 1 heterocycles. The van der Waals surface area contributed by atoms with Gasteiger partial charge in [-0.1, -0.05) is 18.3 Å². The molecule has 6 nitrogen and oxygen atoms in total. The average Bonchev–Trinajstić information content (AvgIpc) is 2.73. The number of carbonyl (C=O) groups is 2. The molecule has 0 aliphatic rings. The highest BCUT2D eigenvalue weighted by Crippen LogP contribution is 2.26. The number of nitrogens with zero attached hydrogens (tertiary/aromatic N) is 2. The summed E-state index contributed by atoms with van der Waals surface area (Å²) in [5.74, 6) is -0.954. The largest absolute Gasteiger partial charge is 0.481 e. The minimum Gasteiger partial charge on any atom is -0.481 e. The van der Waals surface area contributed by atoms with E-state index in [9.17, 15) is 9.59 Å². The summed E-state index contributed by atoms with van der Waals surface area (Å²) >= 11 is 1.08. The van der Waals surface area contributed by atoms with Gasteiger partial charge in [-0.2, -0.15) is 0 Å². The molecule has 2 N–H and O–H groups in total.